The lowest BCUT2D eigenvalue weighted by molar-refractivity contribution is 0.0861. The van der Waals surface area contributed by atoms with Gasteiger partial charge in [0.05, 0.1) is 17.8 Å². The number of aliphatic hydroxyl groups excluding tert-OH is 1. The Labute approximate surface area is 97.4 Å². The molecule has 6 heteroatoms. The van der Waals surface area contributed by atoms with Gasteiger partial charge < -0.3 is 16.2 Å². The van der Waals surface area contributed by atoms with Gasteiger partial charge in [-0.2, -0.15) is 0 Å². The Bertz CT molecular complexity index is 447. The molecule has 0 bridgehead atoms. The summed E-state index contributed by atoms with van der Waals surface area (Å²) < 4.78 is 26.8. The third kappa shape index (κ3) is 2.91. The van der Waals surface area contributed by atoms with Crippen molar-refractivity contribution in [1.29, 1.82) is 0 Å². The van der Waals surface area contributed by atoms with Crippen LogP contribution in [0.25, 0.3) is 0 Å². The van der Waals surface area contributed by atoms with Crippen molar-refractivity contribution in [3.05, 3.63) is 29.3 Å². The molecule has 4 nitrogen and oxygen atoms in total. The van der Waals surface area contributed by atoms with Crippen molar-refractivity contribution >= 4 is 11.6 Å². The average Bonchev–Trinajstić information content (AvgIpc) is 2.23. The number of nitrogen functional groups attached to an aromatic ring is 1. The van der Waals surface area contributed by atoms with Crippen LogP contribution in [0.15, 0.2) is 12.1 Å². The molecule has 0 spiro atoms. The summed E-state index contributed by atoms with van der Waals surface area (Å²) in [6, 6.07) is 1.96. The Morgan fingerprint density at radius 2 is 2.06 bits per heavy atom. The van der Waals surface area contributed by atoms with Crippen molar-refractivity contribution in [2.24, 2.45) is 0 Å². The van der Waals surface area contributed by atoms with Crippen LogP contribution >= 0.6 is 0 Å². The van der Waals surface area contributed by atoms with Crippen LogP contribution < -0.4 is 11.1 Å². The maximum absolute atomic E-state index is 13.5. The second kappa shape index (κ2) is 4.67. The molecule has 0 atom stereocenters. The average molecular weight is 244 g/mol. The smallest absolute Gasteiger partial charge is 0.257 e. The summed E-state index contributed by atoms with van der Waals surface area (Å²) in [6.45, 7) is 2.68. The van der Waals surface area contributed by atoms with E-state index < -0.39 is 28.6 Å². The lowest BCUT2D eigenvalue weighted by Crippen LogP contribution is -2.46. The number of rotatable bonds is 3. The van der Waals surface area contributed by atoms with Gasteiger partial charge in [-0.1, -0.05) is 0 Å². The molecule has 0 saturated heterocycles. The van der Waals surface area contributed by atoms with E-state index in [2.05, 4.69) is 5.32 Å². The molecule has 0 aliphatic carbocycles. The van der Waals surface area contributed by atoms with E-state index in [1.165, 1.54) is 13.8 Å². The maximum Gasteiger partial charge on any atom is 0.257 e. The molecular formula is C11H14F2N2O2. The number of amides is 1. The molecule has 0 aromatic heterocycles. The molecule has 0 aliphatic rings. The number of nitrogens with two attached hydrogens (primary N) is 1. The Balaban J connectivity index is 3.09. The van der Waals surface area contributed by atoms with E-state index >= 15 is 0 Å². The summed E-state index contributed by atoms with van der Waals surface area (Å²) >= 11 is 0. The van der Waals surface area contributed by atoms with Gasteiger partial charge in [0.15, 0.2) is 5.82 Å². The van der Waals surface area contributed by atoms with Crippen molar-refractivity contribution in [2.75, 3.05) is 12.3 Å². The Kier molecular flexibility index (Phi) is 3.67. The number of anilines is 1. The molecule has 0 aliphatic heterocycles. The number of hydrogen-bond acceptors (Lipinski definition) is 3. The van der Waals surface area contributed by atoms with Crippen LogP contribution in [0.4, 0.5) is 14.5 Å². The largest absolute Gasteiger partial charge is 0.396 e. The normalized spacial score (nSPS) is 11.4. The van der Waals surface area contributed by atoms with Crippen molar-refractivity contribution in [3.8, 4) is 0 Å². The van der Waals surface area contributed by atoms with Gasteiger partial charge >= 0.3 is 0 Å². The highest BCUT2D eigenvalue weighted by molar-refractivity contribution is 5.96. The summed E-state index contributed by atoms with van der Waals surface area (Å²) in [4.78, 5) is 11.7. The molecule has 0 heterocycles. The SMILES string of the molecule is CC(C)(CO)NC(=O)c1c(F)ccc(N)c1F. The molecular weight excluding hydrogens is 230 g/mol. The fourth-order valence-corrected chi connectivity index (χ4v) is 1.19. The van der Waals surface area contributed by atoms with Crippen LogP contribution in [0.1, 0.15) is 24.2 Å². The van der Waals surface area contributed by atoms with E-state index in [9.17, 15) is 13.6 Å². The highest BCUT2D eigenvalue weighted by atomic mass is 19.1. The Morgan fingerprint density at radius 1 is 1.47 bits per heavy atom. The second-order valence-electron chi connectivity index (χ2n) is 4.32. The monoisotopic (exact) mass is 244 g/mol. The van der Waals surface area contributed by atoms with E-state index in [1.807, 2.05) is 0 Å². The first kappa shape index (κ1) is 13.4. The summed E-state index contributed by atoms with van der Waals surface area (Å²) in [5.41, 5.74) is 3.23. The number of carbonyl (C=O) groups is 1. The summed E-state index contributed by atoms with van der Waals surface area (Å²) in [5, 5.41) is 11.3. The molecule has 4 N–H and O–H groups in total. The van der Waals surface area contributed by atoms with E-state index in [-0.39, 0.29) is 12.3 Å². The van der Waals surface area contributed by atoms with Crippen molar-refractivity contribution < 1.29 is 18.7 Å². The number of benzene rings is 1. The zero-order valence-electron chi connectivity index (χ0n) is 9.55. The minimum Gasteiger partial charge on any atom is -0.396 e. The van der Waals surface area contributed by atoms with E-state index in [4.69, 9.17) is 10.8 Å². The molecule has 1 aromatic carbocycles. The van der Waals surface area contributed by atoms with Gasteiger partial charge in [-0.05, 0) is 26.0 Å². The number of halogens is 2. The third-order valence-corrected chi connectivity index (χ3v) is 2.20. The molecule has 1 amide bonds. The lowest BCUT2D eigenvalue weighted by Gasteiger charge is -2.23. The number of nitrogens with one attached hydrogen (secondary N) is 1. The topological polar surface area (TPSA) is 75.3 Å². The van der Waals surface area contributed by atoms with Crippen LogP contribution in [-0.4, -0.2) is 23.2 Å². The zero-order chi connectivity index (χ0) is 13.2. The van der Waals surface area contributed by atoms with Gasteiger partial charge in [-0.25, -0.2) is 8.78 Å². The maximum atomic E-state index is 13.5. The molecule has 94 valence electrons. The highest BCUT2D eigenvalue weighted by Gasteiger charge is 2.25. The second-order valence-corrected chi connectivity index (χ2v) is 4.32. The number of hydrogen-bond donors (Lipinski definition) is 3. The van der Waals surface area contributed by atoms with Gasteiger partial charge in [-0.3, -0.25) is 4.79 Å². The van der Waals surface area contributed by atoms with E-state index in [0.717, 1.165) is 12.1 Å². The van der Waals surface area contributed by atoms with Gasteiger partial charge in [0.2, 0.25) is 0 Å². The molecule has 0 fully saturated rings. The number of carbonyl (C=O) groups excluding carboxylic acids is 1. The quantitative estimate of drug-likeness (QED) is 0.695. The minimum absolute atomic E-state index is 0.307. The predicted molar refractivity (Wildman–Crippen MR) is 59.4 cm³/mol. The van der Waals surface area contributed by atoms with Crippen molar-refractivity contribution in [2.45, 2.75) is 19.4 Å². The minimum atomic E-state index is -1.10. The van der Waals surface area contributed by atoms with Gasteiger partial charge in [0.1, 0.15) is 11.4 Å². The van der Waals surface area contributed by atoms with Crippen LogP contribution in [0.3, 0.4) is 0 Å². The fraction of sp³-hybridized carbons (Fsp3) is 0.364. The van der Waals surface area contributed by atoms with Crippen LogP contribution in [0.5, 0.6) is 0 Å². The first-order valence-corrected chi connectivity index (χ1v) is 4.95. The molecule has 1 rings (SSSR count). The van der Waals surface area contributed by atoms with Gasteiger partial charge in [0.25, 0.3) is 5.91 Å². The highest BCUT2D eigenvalue weighted by Crippen LogP contribution is 2.19. The first-order chi connectivity index (χ1) is 7.78. The molecule has 17 heavy (non-hydrogen) atoms. The molecule has 0 saturated carbocycles. The standard InChI is InChI=1S/C11H14F2N2O2/c1-11(2,5-16)15-10(17)8-6(12)3-4-7(14)9(8)13/h3-4,16H,5,14H2,1-2H3,(H,15,17). The zero-order valence-corrected chi connectivity index (χ0v) is 9.55. The summed E-state index contributed by atoms with van der Waals surface area (Å²) in [6.07, 6.45) is 0. The number of aliphatic hydroxyl groups is 1. The van der Waals surface area contributed by atoms with E-state index in [1.54, 1.807) is 0 Å². The molecule has 0 radical (unpaired) electrons. The summed E-state index contributed by atoms with van der Waals surface area (Å²) in [7, 11) is 0. The van der Waals surface area contributed by atoms with Crippen molar-refractivity contribution in [3.63, 3.8) is 0 Å². The predicted octanol–water partition coefficient (Wildman–Crippen LogP) is 1.05. The van der Waals surface area contributed by atoms with Crippen LogP contribution in [-0.2, 0) is 0 Å². The van der Waals surface area contributed by atoms with E-state index in [0.29, 0.717) is 0 Å². The molecule has 0 unspecified atom stereocenters. The first-order valence-electron chi connectivity index (χ1n) is 4.95. The van der Waals surface area contributed by atoms with Gasteiger partial charge in [-0.15, -0.1) is 0 Å². The third-order valence-electron chi connectivity index (χ3n) is 2.20. The van der Waals surface area contributed by atoms with Crippen molar-refractivity contribution in [1.82, 2.24) is 5.32 Å². The van der Waals surface area contributed by atoms with Crippen LogP contribution in [0, 0.1) is 11.6 Å². The summed E-state index contributed by atoms with van der Waals surface area (Å²) in [5.74, 6) is -3.05. The van der Waals surface area contributed by atoms with Crippen LogP contribution in [0.2, 0.25) is 0 Å². The Hall–Kier alpha value is -1.69. The Morgan fingerprint density at radius 3 is 2.59 bits per heavy atom. The fourth-order valence-electron chi connectivity index (χ4n) is 1.19. The van der Waals surface area contributed by atoms with Gasteiger partial charge in [0, 0.05) is 0 Å². The molecule has 1 aromatic rings. The lowest BCUT2D eigenvalue weighted by atomic mass is 10.1.